The summed E-state index contributed by atoms with van der Waals surface area (Å²) in [6.45, 7) is 5.30. The van der Waals surface area contributed by atoms with E-state index in [4.69, 9.17) is 4.74 Å². The summed E-state index contributed by atoms with van der Waals surface area (Å²) in [5.41, 5.74) is 1.09. The van der Waals surface area contributed by atoms with E-state index in [1.54, 1.807) is 7.11 Å². The predicted molar refractivity (Wildman–Crippen MR) is 100 cm³/mol. The van der Waals surface area contributed by atoms with Crippen molar-refractivity contribution in [3.05, 3.63) is 24.3 Å². The van der Waals surface area contributed by atoms with Crippen molar-refractivity contribution in [2.75, 3.05) is 43.9 Å². The molecule has 2 unspecified atom stereocenters. The Labute approximate surface area is 152 Å². The van der Waals surface area contributed by atoms with Gasteiger partial charge in [-0.2, -0.15) is 0 Å². The van der Waals surface area contributed by atoms with Crippen molar-refractivity contribution in [1.29, 1.82) is 0 Å². The van der Waals surface area contributed by atoms with Gasteiger partial charge in [-0.05, 0) is 25.0 Å². The number of rotatable bonds is 6. The lowest BCUT2D eigenvalue weighted by Gasteiger charge is -2.45. The third-order valence-electron chi connectivity index (χ3n) is 5.06. The summed E-state index contributed by atoms with van der Waals surface area (Å²) in [5.74, 6) is 0.896. The van der Waals surface area contributed by atoms with Crippen molar-refractivity contribution in [1.82, 2.24) is 10.2 Å². The molecule has 6 nitrogen and oxygen atoms in total. The van der Waals surface area contributed by atoms with Crippen LogP contribution in [0.4, 0.5) is 5.69 Å². The minimum absolute atomic E-state index is 0.0957. The second kappa shape index (κ2) is 7.74. The highest BCUT2D eigenvalue weighted by molar-refractivity contribution is 7.87. The van der Waals surface area contributed by atoms with Gasteiger partial charge in [0.05, 0.1) is 23.6 Å². The van der Waals surface area contributed by atoms with E-state index < -0.39 is 15.8 Å². The number of benzene rings is 1. The van der Waals surface area contributed by atoms with Gasteiger partial charge in [-0.3, -0.25) is 13.9 Å². The van der Waals surface area contributed by atoms with Gasteiger partial charge in [-0.1, -0.05) is 25.5 Å². The summed E-state index contributed by atoms with van der Waals surface area (Å²) in [6, 6.07) is 8.02. The van der Waals surface area contributed by atoms with Gasteiger partial charge in [0.25, 0.3) is 0 Å². The highest BCUT2D eigenvalue weighted by Crippen LogP contribution is 2.32. The van der Waals surface area contributed by atoms with Gasteiger partial charge < -0.3 is 15.0 Å². The molecule has 2 saturated heterocycles. The molecule has 25 heavy (non-hydrogen) atoms. The first-order valence-electron chi connectivity index (χ1n) is 8.93. The van der Waals surface area contributed by atoms with Gasteiger partial charge in [0.1, 0.15) is 11.5 Å². The van der Waals surface area contributed by atoms with Crippen LogP contribution in [0.5, 0.6) is 5.75 Å². The molecule has 1 N–H and O–H groups in total. The summed E-state index contributed by atoms with van der Waals surface area (Å²) in [4.78, 5) is 15.7. The second-order valence-corrected chi connectivity index (χ2v) is 8.23. The Morgan fingerprint density at radius 1 is 1.24 bits per heavy atom. The third kappa shape index (κ3) is 3.53. The number of anilines is 1. The summed E-state index contributed by atoms with van der Waals surface area (Å²) in [7, 11) is 0.499. The number of para-hydroxylation sites is 2. The molecule has 2 aliphatic rings. The Balaban J connectivity index is 1.73. The minimum Gasteiger partial charge on any atom is -0.495 e. The van der Waals surface area contributed by atoms with Crippen molar-refractivity contribution in [3.63, 3.8) is 0 Å². The van der Waals surface area contributed by atoms with Crippen LogP contribution >= 0.6 is 0 Å². The molecule has 7 heteroatoms. The average molecular weight is 365 g/mol. The number of amides is 1. The normalized spacial score (nSPS) is 27.4. The second-order valence-electron chi connectivity index (χ2n) is 6.57. The molecular formula is C18H27N3O3S. The van der Waals surface area contributed by atoms with Crippen LogP contribution in [0.1, 0.15) is 26.2 Å². The zero-order chi connectivity index (χ0) is 17.9. The molecule has 0 spiro atoms. The van der Waals surface area contributed by atoms with Crippen molar-refractivity contribution >= 4 is 22.4 Å². The van der Waals surface area contributed by atoms with E-state index in [1.165, 1.54) is 0 Å². The van der Waals surface area contributed by atoms with Crippen molar-refractivity contribution < 1.29 is 13.7 Å². The van der Waals surface area contributed by atoms with Gasteiger partial charge in [-0.25, -0.2) is 0 Å². The summed E-state index contributed by atoms with van der Waals surface area (Å²) in [5, 5.41) is 3.04. The van der Waals surface area contributed by atoms with Crippen molar-refractivity contribution in [2.45, 2.75) is 31.2 Å². The quantitative estimate of drug-likeness (QED) is 0.829. The number of unbranched alkanes of at least 4 members (excludes halogenated alkanes) is 1. The number of nitrogens with one attached hydrogen (secondary N) is 1. The SMILES string of the molecule is CCCCC1(N2CCN(c3ccccc3OC)CC2)NC(=O)CS1=O. The standard InChI is InChI=1S/C18H27N3O3S/c1-3-4-9-18(19-17(22)14-25(18)23)21-12-10-20(11-13-21)15-7-5-6-8-16(15)24-2/h5-8H,3-4,9-14H2,1-2H3,(H,19,22). The highest BCUT2D eigenvalue weighted by Gasteiger charge is 2.49. The van der Waals surface area contributed by atoms with Crippen LogP contribution in [0.25, 0.3) is 0 Å². The maximum absolute atomic E-state index is 12.7. The minimum atomic E-state index is -1.19. The number of methoxy groups -OCH3 is 1. The molecule has 138 valence electrons. The number of piperazine rings is 1. The molecule has 0 bridgehead atoms. The fraction of sp³-hybridized carbons (Fsp3) is 0.611. The van der Waals surface area contributed by atoms with E-state index in [0.29, 0.717) is 0 Å². The zero-order valence-corrected chi connectivity index (χ0v) is 15.8. The first-order valence-corrected chi connectivity index (χ1v) is 10.2. The van der Waals surface area contributed by atoms with E-state index in [9.17, 15) is 9.00 Å². The lowest BCUT2D eigenvalue weighted by atomic mass is 10.1. The van der Waals surface area contributed by atoms with Gasteiger partial charge >= 0.3 is 0 Å². The summed E-state index contributed by atoms with van der Waals surface area (Å²) in [6.07, 6.45) is 2.73. The van der Waals surface area contributed by atoms with Crippen LogP contribution in [0.15, 0.2) is 24.3 Å². The molecule has 0 radical (unpaired) electrons. The Hall–Kier alpha value is -1.60. The Bertz CT molecular complexity index is 646. The largest absolute Gasteiger partial charge is 0.495 e. The van der Waals surface area contributed by atoms with Crippen LogP contribution in [-0.4, -0.2) is 59.1 Å². The van der Waals surface area contributed by atoms with E-state index in [2.05, 4.69) is 28.1 Å². The molecule has 0 aromatic heterocycles. The fourth-order valence-corrected chi connectivity index (χ4v) is 5.34. The maximum Gasteiger partial charge on any atom is 0.234 e. The number of ether oxygens (including phenoxy) is 1. The third-order valence-corrected chi connectivity index (χ3v) is 6.90. The topological polar surface area (TPSA) is 61.9 Å². The van der Waals surface area contributed by atoms with Crippen LogP contribution < -0.4 is 15.0 Å². The number of hydrogen-bond donors (Lipinski definition) is 1. The Morgan fingerprint density at radius 2 is 1.96 bits per heavy atom. The number of carbonyl (C=O) groups is 1. The zero-order valence-electron chi connectivity index (χ0n) is 15.0. The average Bonchev–Trinajstić information content (AvgIpc) is 2.94. The predicted octanol–water partition coefficient (Wildman–Crippen LogP) is 1.54. The number of carbonyl (C=O) groups excluding carboxylic acids is 1. The van der Waals surface area contributed by atoms with Crippen molar-refractivity contribution in [2.24, 2.45) is 0 Å². The molecule has 3 rings (SSSR count). The smallest absolute Gasteiger partial charge is 0.234 e. The van der Waals surface area contributed by atoms with Crippen LogP contribution in [0.2, 0.25) is 0 Å². The molecule has 0 saturated carbocycles. The highest BCUT2D eigenvalue weighted by atomic mass is 32.2. The van der Waals surface area contributed by atoms with E-state index >= 15 is 0 Å². The molecule has 1 amide bonds. The van der Waals surface area contributed by atoms with Crippen LogP contribution in [0.3, 0.4) is 0 Å². The van der Waals surface area contributed by atoms with E-state index in [-0.39, 0.29) is 11.7 Å². The Kier molecular flexibility index (Phi) is 5.64. The first kappa shape index (κ1) is 18.2. The van der Waals surface area contributed by atoms with Gasteiger partial charge in [0.2, 0.25) is 5.91 Å². The molecule has 0 aliphatic carbocycles. The fourth-order valence-electron chi connectivity index (χ4n) is 3.72. The molecule has 2 fully saturated rings. The van der Waals surface area contributed by atoms with Crippen LogP contribution in [-0.2, 0) is 15.6 Å². The molecule has 2 heterocycles. The molecule has 2 aliphatic heterocycles. The summed E-state index contributed by atoms with van der Waals surface area (Å²) < 4.78 is 18.2. The van der Waals surface area contributed by atoms with Crippen LogP contribution in [0, 0.1) is 0 Å². The van der Waals surface area contributed by atoms with E-state index in [0.717, 1.165) is 56.9 Å². The summed E-state index contributed by atoms with van der Waals surface area (Å²) >= 11 is 0. The Morgan fingerprint density at radius 3 is 2.56 bits per heavy atom. The number of hydrogen-bond acceptors (Lipinski definition) is 5. The monoisotopic (exact) mass is 365 g/mol. The van der Waals surface area contributed by atoms with Gasteiger partial charge in [0.15, 0.2) is 4.99 Å². The first-order chi connectivity index (χ1) is 12.1. The van der Waals surface area contributed by atoms with E-state index in [1.807, 2.05) is 18.2 Å². The van der Waals surface area contributed by atoms with Gasteiger partial charge in [-0.15, -0.1) is 0 Å². The molecule has 1 aromatic carbocycles. The molecule has 2 atom stereocenters. The van der Waals surface area contributed by atoms with Gasteiger partial charge in [0, 0.05) is 26.2 Å². The number of nitrogens with zero attached hydrogens (tertiary/aromatic N) is 2. The molecular weight excluding hydrogens is 338 g/mol. The maximum atomic E-state index is 12.7. The molecule has 1 aromatic rings. The lowest BCUT2D eigenvalue weighted by molar-refractivity contribution is -0.120. The van der Waals surface area contributed by atoms with Crippen molar-refractivity contribution in [3.8, 4) is 5.75 Å². The lowest BCUT2D eigenvalue weighted by Crippen LogP contribution is -2.63.